The molecule has 0 aliphatic rings. The number of alkyl halides is 1. The molecule has 0 bridgehead atoms. The van der Waals surface area contributed by atoms with Crippen molar-refractivity contribution in [2.75, 3.05) is 25.5 Å². The first-order valence-electron chi connectivity index (χ1n) is 11.6. The Labute approximate surface area is 165 Å². The van der Waals surface area contributed by atoms with Gasteiger partial charge in [0.15, 0.2) is 0 Å². The number of nitrogens with zero attached hydrogens (tertiary/aromatic N) is 1. The van der Waals surface area contributed by atoms with Crippen molar-refractivity contribution in [3.8, 4) is 0 Å². The minimum absolute atomic E-state index is 0.811. The first kappa shape index (κ1) is 25.2. The minimum Gasteiger partial charge on any atom is -0.303 e. The van der Waals surface area contributed by atoms with Gasteiger partial charge in [0, 0.05) is 5.88 Å². The van der Waals surface area contributed by atoms with Crippen LogP contribution in [0.4, 0.5) is 0 Å². The van der Waals surface area contributed by atoms with E-state index >= 15 is 0 Å². The summed E-state index contributed by atoms with van der Waals surface area (Å²) in [6, 6.07) is 0. The Kier molecular flexibility index (Phi) is 22.5. The zero-order chi connectivity index (χ0) is 18.4. The molecule has 0 N–H and O–H groups in total. The van der Waals surface area contributed by atoms with Crippen LogP contribution in [0.3, 0.4) is 0 Å². The van der Waals surface area contributed by atoms with Crippen molar-refractivity contribution in [1.82, 2.24) is 4.90 Å². The fourth-order valence-electron chi connectivity index (χ4n) is 3.56. The Morgan fingerprint density at radius 3 is 1.12 bits per heavy atom. The third kappa shape index (κ3) is 20.4. The molecule has 2 heteroatoms. The van der Waals surface area contributed by atoms with E-state index in [1.54, 1.807) is 0 Å². The van der Waals surface area contributed by atoms with Crippen LogP contribution < -0.4 is 0 Å². The van der Waals surface area contributed by atoms with Gasteiger partial charge in [-0.2, -0.15) is 0 Å². The topological polar surface area (TPSA) is 3.24 Å². The summed E-state index contributed by atoms with van der Waals surface area (Å²) in [6.07, 6.45) is 23.8. The predicted molar refractivity (Wildman–Crippen MR) is 117 cm³/mol. The van der Waals surface area contributed by atoms with Crippen LogP contribution in [0.25, 0.3) is 0 Å². The van der Waals surface area contributed by atoms with Gasteiger partial charge in [-0.3, -0.25) is 0 Å². The molecule has 0 unspecified atom stereocenters. The molecule has 0 saturated carbocycles. The van der Waals surface area contributed by atoms with Crippen LogP contribution in [0.15, 0.2) is 0 Å². The van der Waals surface area contributed by atoms with Gasteiger partial charge in [-0.25, -0.2) is 0 Å². The molecule has 152 valence electrons. The van der Waals surface area contributed by atoms with Gasteiger partial charge in [0.25, 0.3) is 0 Å². The summed E-state index contributed by atoms with van der Waals surface area (Å²) in [5.41, 5.74) is 0. The second-order valence-corrected chi connectivity index (χ2v) is 8.21. The summed E-state index contributed by atoms with van der Waals surface area (Å²) in [5.74, 6) is 0.811. The van der Waals surface area contributed by atoms with E-state index in [0.717, 1.165) is 12.3 Å². The van der Waals surface area contributed by atoms with E-state index in [-0.39, 0.29) is 0 Å². The number of halogens is 1. The average Bonchev–Trinajstić information content (AvgIpc) is 2.63. The molecule has 0 saturated heterocycles. The zero-order valence-electron chi connectivity index (χ0n) is 17.7. The summed E-state index contributed by atoms with van der Waals surface area (Å²) < 4.78 is 0. The molecular formula is C23H48ClN. The second kappa shape index (κ2) is 22.3. The Balaban J connectivity index is 3.54. The monoisotopic (exact) mass is 373 g/mol. The summed E-state index contributed by atoms with van der Waals surface area (Å²) in [7, 11) is 0. The van der Waals surface area contributed by atoms with Crippen molar-refractivity contribution in [2.45, 2.75) is 123 Å². The van der Waals surface area contributed by atoms with Crippen LogP contribution in [0.1, 0.15) is 123 Å². The maximum Gasteiger partial charge on any atom is 0.0235 e. The fraction of sp³-hybridized carbons (Fsp3) is 1.00. The lowest BCUT2D eigenvalue weighted by Crippen LogP contribution is -2.27. The van der Waals surface area contributed by atoms with Crippen molar-refractivity contribution in [2.24, 2.45) is 0 Å². The van der Waals surface area contributed by atoms with Gasteiger partial charge in [0.2, 0.25) is 0 Å². The van der Waals surface area contributed by atoms with Gasteiger partial charge in [-0.1, -0.05) is 104 Å². The van der Waals surface area contributed by atoms with E-state index in [4.69, 9.17) is 11.6 Å². The van der Waals surface area contributed by atoms with Crippen LogP contribution >= 0.6 is 11.6 Å². The SMILES string of the molecule is CCCCCCCCCCN(CCCCl)CCCCCCCCCC. The van der Waals surface area contributed by atoms with Gasteiger partial charge in [-0.15, -0.1) is 11.6 Å². The van der Waals surface area contributed by atoms with E-state index in [2.05, 4.69) is 18.7 Å². The highest BCUT2D eigenvalue weighted by Crippen LogP contribution is 2.11. The Bertz CT molecular complexity index is 212. The average molecular weight is 374 g/mol. The Hall–Kier alpha value is 0.250. The first-order chi connectivity index (χ1) is 12.3. The van der Waals surface area contributed by atoms with Crippen LogP contribution in [0, 0.1) is 0 Å². The number of rotatable bonds is 21. The van der Waals surface area contributed by atoms with Gasteiger partial charge >= 0.3 is 0 Å². The van der Waals surface area contributed by atoms with Crippen molar-refractivity contribution < 1.29 is 0 Å². The molecule has 0 fully saturated rings. The molecule has 25 heavy (non-hydrogen) atoms. The molecule has 0 amide bonds. The van der Waals surface area contributed by atoms with Gasteiger partial charge in [0.1, 0.15) is 0 Å². The Morgan fingerprint density at radius 2 is 0.760 bits per heavy atom. The van der Waals surface area contributed by atoms with Gasteiger partial charge in [0.05, 0.1) is 0 Å². The molecule has 1 nitrogen and oxygen atoms in total. The van der Waals surface area contributed by atoms with Crippen molar-refractivity contribution in [3.05, 3.63) is 0 Å². The van der Waals surface area contributed by atoms with Crippen LogP contribution in [-0.4, -0.2) is 30.4 Å². The Morgan fingerprint density at radius 1 is 0.440 bits per heavy atom. The summed E-state index contributed by atoms with van der Waals surface area (Å²) >= 11 is 5.91. The maximum absolute atomic E-state index is 5.91. The highest BCUT2D eigenvalue weighted by atomic mass is 35.5. The summed E-state index contributed by atoms with van der Waals surface area (Å²) in [5, 5.41) is 0. The number of unbranched alkanes of at least 4 members (excludes halogenated alkanes) is 14. The normalized spacial score (nSPS) is 11.5. The number of hydrogen-bond donors (Lipinski definition) is 0. The lowest BCUT2D eigenvalue weighted by atomic mass is 10.1. The summed E-state index contributed by atoms with van der Waals surface area (Å²) in [6.45, 7) is 8.38. The predicted octanol–water partition coefficient (Wildman–Crippen LogP) is 8.20. The molecule has 0 aliphatic carbocycles. The van der Waals surface area contributed by atoms with Crippen LogP contribution in [0.2, 0.25) is 0 Å². The standard InChI is InChI=1S/C23H48ClN/c1-3-5-7-9-11-13-15-17-21-25(23-19-20-24)22-18-16-14-12-10-8-6-4-2/h3-23H2,1-2H3. The molecule has 0 atom stereocenters. The second-order valence-electron chi connectivity index (χ2n) is 7.83. The van der Waals surface area contributed by atoms with E-state index in [1.807, 2.05) is 0 Å². The third-order valence-corrected chi connectivity index (χ3v) is 5.53. The van der Waals surface area contributed by atoms with Gasteiger partial charge in [-0.05, 0) is 38.9 Å². The fourth-order valence-corrected chi connectivity index (χ4v) is 3.68. The molecular weight excluding hydrogens is 326 g/mol. The van der Waals surface area contributed by atoms with E-state index in [1.165, 1.54) is 122 Å². The molecule has 0 spiro atoms. The van der Waals surface area contributed by atoms with Crippen LogP contribution in [-0.2, 0) is 0 Å². The largest absolute Gasteiger partial charge is 0.303 e. The zero-order valence-corrected chi connectivity index (χ0v) is 18.4. The molecule has 0 aromatic heterocycles. The highest BCUT2D eigenvalue weighted by Gasteiger charge is 2.04. The molecule has 0 aromatic carbocycles. The van der Waals surface area contributed by atoms with Crippen molar-refractivity contribution in [3.63, 3.8) is 0 Å². The third-order valence-electron chi connectivity index (χ3n) is 5.26. The van der Waals surface area contributed by atoms with Crippen molar-refractivity contribution >= 4 is 11.6 Å². The molecule has 0 radical (unpaired) electrons. The lowest BCUT2D eigenvalue weighted by molar-refractivity contribution is 0.261. The van der Waals surface area contributed by atoms with E-state index in [9.17, 15) is 0 Å². The smallest absolute Gasteiger partial charge is 0.0235 e. The quantitative estimate of drug-likeness (QED) is 0.145. The molecule has 0 rings (SSSR count). The van der Waals surface area contributed by atoms with E-state index in [0.29, 0.717) is 0 Å². The van der Waals surface area contributed by atoms with Gasteiger partial charge < -0.3 is 4.90 Å². The van der Waals surface area contributed by atoms with Crippen molar-refractivity contribution in [1.29, 1.82) is 0 Å². The molecule has 0 heterocycles. The maximum atomic E-state index is 5.91. The van der Waals surface area contributed by atoms with Crippen LogP contribution in [0.5, 0.6) is 0 Å². The first-order valence-corrected chi connectivity index (χ1v) is 12.2. The molecule has 0 aliphatic heterocycles. The highest BCUT2D eigenvalue weighted by molar-refractivity contribution is 6.17. The summed E-state index contributed by atoms with van der Waals surface area (Å²) in [4.78, 5) is 2.68. The number of hydrogen-bond acceptors (Lipinski definition) is 1. The molecule has 0 aromatic rings. The van der Waals surface area contributed by atoms with E-state index < -0.39 is 0 Å². The minimum atomic E-state index is 0.811. The lowest BCUT2D eigenvalue weighted by Gasteiger charge is -2.22.